The van der Waals surface area contributed by atoms with Crippen LogP contribution in [0.25, 0.3) is 0 Å². The third-order valence-corrected chi connectivity index (χ3v) is 4.70. The van der Waals surface area contributed by atoms with Crippen molar-refractivity contribution in [2.45, 2.75) is 25.7 Å². The van der Waals surface area contributed by atoms with Gasteiger partial charge in [0.15, 0.2) is 0 Å². The summed E-state index contributed by atoms with van der Waals surface area (Å²) >= 11 is 12.1. The van der Waals surface area contributed by atoms with Gasteiger partial charge in [-0.3, -0.25) is 4.79 Å². The Labute approximate surface area is 127 Å². The Kier molecular flexibility index (Phi) is 3.38. The standard InChI is InChI=1S/C14H14Cl2N2O2/c15-9-3-4-10(16)11(7-9)18-12(19)14(5-1-2-6-14)8-17-13(18)20/h3-4,7H,1-2,5-6,8H2,(H,17,20). The molecular weight excluding hydrogens is 299 g/mol. The summed E-state index contributed by atoms with van der Waals surface area (Å²) in [6.45, 7) is 0.416. The quantitative estimate of drug-likeness (QED) is 0.861. The molecular formula is C14H14Cl2N2O2. The molecule has 1 heterocycles. The van der Waals surface area contributed by atoms with E-state index in [2.05, 4.69) is 5.32 Å². The summed E-state index contributed by atoms with van der Waals surface area (Å²) in [6.07, 6.45) is 3.64. The lowest BCUT2D eigenvalue weighted by atomic mass is 9.83. The third-order valence-electron chi connectivity index (χ3n) is 4.15. The van der Waals surface area contributed by atoms with Crippen molar-refractivity contribution in [1.82, 2.24) is 5.32 Å². The number of hydrogen-bond acceptors (Lipinski definition) is 2. The Morgan fingerprint density at radius 3 is 2.55 bits per heavy atom. The van der Waals surface area contributed by atoms with Crippen LogP contribution in [0.4, 0.5) is 10.5 Å². The van der Waals surface area contributed by atoms with Gasteiger partial charge in [-0.2, -0.15) is 0 Å². The summed E-state index contributed by atoms with van der Waals surface area (Å²) < 4.78 is 0. The highest BCUT2D eigenvalue weighted by Gasteiger charge is 2.49. The van der Waals surface area contributed by atoms with E-state index >= 15 is 0 Å². The first-order chi connectivity index (χ1) is 9.53. The lowest BCUT2D eigenvalue weighted by molar-refractivity contribution is -0.127. The van der Waals surface area contributed by atoms with E-state index in [-0.39, 0.29) is 5.91 Å². The van der Waals surface area contributed by atoms with E-state index in [1.54, 1.807) is 18.2 Å². The molecule has 2 aliphatic rings. The minimum absolute atomic E-state index is 0.164. The van der Waals surface area contributed by atoms with Gasteiger partial charge in [-0.05, 0) is 31.0 Å². The van der Waals surface area contributed by atoms with Gasteiger partial charge >= 0.3 is 6.03 Å². The second-order valence-electron chi connectivity index (χ2n) is 5.38. The van der Waals surface area contributed by atoms with Crippen LogP contribution < -0.4 is 10.2 Å². The van der Waals surface area contributed by atoms with Gasteiger partial charge < -0.3 is 5.32 Å². The summed E-state index contributed by atoms with van der Waals surface area (Å²) in [6, 6.07) is 4.34. The van der Waals surface area contributed by atoms with Crippen molar-refractivity contribution in [3.8, 4) is 0 Å². The number of urea groups is 1. The van der Waals surface area contributed by atoms with Gasteiger partial charge in [-0.15, -0.1) is 0 Å². The normalized spacial score (nSPS) is 21.4. The van der Waals surface area contributed by atoms with Crippen molar-refractivity contribution < 1.29 is 9.59 Å². The van der Waals surface area contributed by atoms with E-state index in [9.17, 15) is 9.59 Å². The van der Waals surface area contributed by atoms with E-state index in [1.165, 1.54) is 0 Å². The van der Waals surface area contributed by atoms with Crippen LogP contribution in [0.15, 0.2) is 18.2 Å². The monoisotopic (exact) mass is 312 g/mol. The van der Waals surface area contributed by atoms with Crippen LogP contribution in [0, 0.1) is 5.41 Å². The van der Waals surface area contributed by atoms with Crippen molar-refractivity contribution in [3.63, 3.8) is 0 Å². The number of rotatable bonds is 1. The minimum atomic E-state index is -0.473. The molecule has 2 fully saturated rings. The molecule has 1 aromatic rings. The molecule has 106 valence electrons. The highest BCUT2D eigenvalue weighted by atomic mass is 35.5. The summed E-state index contributed by atoms with van der Waals surface area (Å²) in [5, 5.41) is 3.59. The van der Waals surface area contributed by atoms with Crippen LogP contribution in [0.2, 0.25) is 10.0 Å². The molecule has 0 unspecified atom stereocenters. The van der Waals surface area contributed by atoms with Crippen molar-refractivity contribution in [1.29, 1.82) is 0 Å². The number of anilines is 1. The first-order valence-electron chi connectivity index (χ1n) is 6.61. The first kappa shape index (κ1) is 13.7. The molecule has 0 atom stereocenters. The Balaban J connectivity index is 2.04. The van der Waals surface area contributed by atoms with Gasteiger partial charge in [0.05, 0.1) is 16.1 Å². The number of hydrogen-bond donors (Lipinski definition) is 1. The van der Waals surface area contributed by atoms with Gasteiger partial charge in [-0.25, -0.2) is 9.69 Å². The minimum Gasteiger partial charge on any atom is -0.336 e. The maximum Gasteiger partial charge on any atom is 0.328 e. The van der Waals surface area contributed by atoms with Gasteiger partial charge in [0.1, 0.15) is 0 Å². The Morgan fingerprint density at radius 2 is 1.85 bits per heavy atom. The molecule has 1 N–H and O–H groups in total. The molecule has 0 aromatic heterocycles. The zero-order valence-electron chi connectivity index (χ0n) is 10.8. The van der Waals surface area contributed by atoms with Crippen molar-refractivity contribution in [2.24, 2.45) is 5.41 Å². The smallest absolute Gasteiger partial charge is 0.328 e. The Morgan fingerprint density at radius 1 is 1.15 bits per heavy atom. The Bertz CT molecular complexity index is 583. The number of imide groups is 1. The summed E-state index contributed by atoms with van der Waals surface area (Å²) in [7, 11) is 0. The number of carbonyl (C=O) groups is 2. The molecule has 1 saturated carbocycles. The van der Waals surface area contributed by atoms with E-state index < -0.39 is 11.4 Å². The predicted molar refractivity (Wildman–Crippen MR) is 78.2 cm³/mol. The lowest BCUT2D eigenvalue weighted by Crippen LogP contribution is -2.60. The zero-order chi connectivity index (χ0) is 14.3. The molecule has 1 aromatic carbocycles. The van der Waals surface area contributed by atoms with Gasteiger partial charge in [0.2, 0.25) is 5.91 Å². The second-order valence-corrected chi connectivity index (χ2v) is 6.23. The molecule has 1 aliphatic carbocycles. The van der Waals surface area contributed by atoms with Crippen LogP contribution in [0.3, 0.4) is 0 Å². The number of benzene rings is 1. The topological polar surface area (TPSA) is 49.4 Å². The number of carbonyl (C=O) groups excluding carboxylic acids is 2. The fourth-order valence-corrected chi connectivity index (χ4v) is 3.42. The van der Waals surface area contributed by atoms with E-state index in [1.807, 2.05) is 0 Å². The molecule has 20 heavy (non-hydrogen) atoms. The van der Waals surface area contributed by atoms with Crippen molar-refractivity contribution >= 4 is 40.8 Å². The number of halogens is 2. The average molecular weight is 313 g/mol. The van der Waals surface area contributed by atoms with Gasteiger partial charge in [-0.1, -0.05) is 36.0 Å². The summed E-state index contributed by atoms with van der Waals surface area (Å²) in [4.78, 5) is 26.0. The average Bonchev–Trinajstić information content (AvgIpc) is 2.89. The van der Waals surface area contributed by atoms with E-state index in [0.717, 1.165) is 30.6 Å². The predicted octanol–water partition coefficient (Wildman–Crippen LogP) is 3.61. The highest BCUT2D eigenvalue weighted by molar-refractivity contribution is 6.37. The molecule has 0 bridgehead atoms. The fraction of sp³-hybridized carbons (Fsp3) is 0.429. The van der Waals surface area contributed by atoms with Gasteiger partial charge in [0, 0.05) is 11.6 Å². The zero-order valence-corrected chi connectivity index (χ0v) is 12.3. The molecule has 3 rings (SSSR count). The summed E-state index contributed by atoms with van der Waals surface area (Å²) in [5.74, 6) is -0.164. The van der Waals surface area contributed by atoms with Crippen LogP contribution in [-0.2, 0) is 4.79 Å². The van der Waals surface area contributed by atoms with Crippen molar-refractivity contribution in [2.75, 3.05) is 11.4 Å². The maximum absolute atomic E-state index is 12.8. The highest BCUT2D eigenvalue weighted by Crippen LogP contribution is 2.43. The van der Waals surface area contributed by atoms with E-state index in [0.29, 0.717) is 22.3 Å². The summed E-state index contributed by atoms with van der Waals surface area (Å²) in [5.41, 5.74) is -0.118. The molecule has 1 spiro atoms. The lowest BCUT2D eigenvalue weighted by Gasteiger charge is -2.38. The molecule has 1 saturated heterocycles. The number of nitrogens with one attached hydrogen (secondary N) is 1. The molecule has 3 amide bonds. The molecule has 4 nitrogen and oxygen atoms in total. The number of nitrogens with zero attached hydrogens (tertiary/aromatic N) is 1. The third kappa shape index (κ3) is 2.07. The SMILES string of the molecule is O=C1NCC2(CCCC2)C(=O)N1c1cc(Cl)ccc1Cl. The van der Waals surface area contributed by atoms with Crippen LogP contribution in [-0.4, -0.2) is 18.5 Å². The largest absolute Gasteiger partial charge is 0.336 e. The van der Waals surface area contributed by atoms with E-state index in [4.69, 9.17) is 23.2 Å². The number of amides is 3. The van der Waals surface area contributed by atoms with Crippen LogP contribution in [0.1, 0.15) is 25.7 Å². The maximum atomic E-state index is 12.8. The van der Waals surface area contributed by atoms with Crippen LogP contribution >= 0.6 is 23.2 Å². The molecule has 0 radical (unpaired) electrons. The first-order valence-corrected chi connectivity index (χ1v) is 7.37. The van der Waals surface area contributed by atoms with Crippen LogP contribution in [0.5, 0.6) is 0 Å². The van der Waals surface area contributed by atoms with Gasteiger partial charge in [0.25, 0.3) is 0 Å². The fourth-order valence-electron chi connectivity index (χ4n) is 3.05. The molecule has 6 heteroatoms. The van der Waals surface area contributed by atoms with Crippen molar-refractivity contribution in [3.05, 3.63) is 28.2 Å². The Hall–Kier alpha value is -1.26. The molecule has 1 aliphatic heterocycles. The second kappa shape index (κ2) is 4.93.